The Bertz CT molecular complexity index is 966. The van der Waals surface area contributed by atoms with Gasteiger partial charge in [-0.25, -0.2) is 12.8 Å². The lowest BCUT2D eigenvalue weighted by atomic mass is 10.1. The third-order valence-electron chi connectivity index (χ3n) is 3.89. The second-order valence-electron chi connectivity index (χ2n) is 6.34. The van der Waals surface area contributed by atoms with E-state index >= 15 is 0 Å². The van der Waals surface area contributed by atoms with Crippen molar-refractivity contribution >= 4 is 33.2 Å². The zero-order chi connectivity index (χ0) is 20.9. The molecular weight excluding hydrogens is 407 g/mol. The molecular formula is C19H22ClFN2O4S. The topological polar surface area (TPSA) is 75.7 Å². The summed E-state index contributed by atoms with van der Waals surface area (Å²) >= 11 is 5.71. The van der Waals surface area contributed by atoms with E-state index in [-0.39, 0.29) is 23.9 Å². The van der Waals surface area contributed by atoms with E-state index in [1.54, 1.807) is 0 Å². The summed E-state index contributed by atoms with van der Waals surface area (Å²) in [5.74, 6) is -0.472. The van der Waals surface area contributed by atoms with Gasteiger partial charge in [-0.3, -0.25) is 9.10 Å². The Labute approximate surface area is 169 Å². The van der Waals surface area contributed by atoms with Crippen LogP contribution in [0.4, 0.5) is 10.1 Å². The third-order valence-corrected chi connectivity index (χ3v) is 5.32. The van der Waals surface area contributed by atoms with Crippen molar-refractivity contribution in [3.05, 3.63) is 58.4 Å². The van der Waals surface area contributed by atoms with Crippen molar-refractivity contribution in [1.82, 2.24) is 5.32 Å². The van der Waals surface area contributed by atoms with Crippen LogP contribution >= 0.6 is 11.6 Å². The first kappa shape index (κ1) is 22.0. The molecule has 2 rings (SSSR count). The van der Waals surface area contributed by atoms with Gasteiger partial charge in [-0.1, -0.05) is 29.3 Å². The lowest BCUT2D eigenvalue weighted by Crippen LogP contribution is -2.41. The van der Waals surface area contributed by atoms with Crippen molar-refractivity contribution in [3.63, 3.8) is 0 Å². The van der Waals surface area contributed by atoms with Crippen LogP contribution in [0.2, 0.25) is 5.02 Å². The van der Waals surface area contributed by atoms with Gasteiger partial charge >= 0.3 is 0 Å². The van der Waals surface area contributed by atoms with Gasteiger partial charge in [-0.05, 0) is 43.7 Å². The lowest BCUT2D eigenvalue weighted by Gasteiger charge is -2.22. The van der Waals surface area contributed by atoms with Crippen molar-refractivity contribution in [2.24, 2.45) is 0 Å². The highest BCUT2D eigenvalue weighted by atomic mass is 35.5. The number of benzene rings is 2. The molecule has 0 heterocycles. The minimum absolute atomic E-state index is 0.107. The number of carbonyl (C=O) groups excluding carboxylic acids is 1. The van der Waals surface area contributed by atoms with Gasteiger partial charge in [0.25, 0.3) is 0 Å². The predicted molar refractivity (Wildman–Crippen MR) is 108 cm³/mol. The van der Waals surface area contributed by atoms with E-state index in [1.165, 1.54) is 6.07 Å². The molecule has 0 radical (unpaired) electrons. The summed E-state index contributed by atoms with van der Waals surface area (Å²) < 4.78 is 43.9. The number of carbonyl (C=O) groups is 1. The maximum absolute atomic E-state index is 13.3. The van der Waals surface area contributed by atoms with E-state index < -0.39 is 28.3 Å². The standard InChI is InChI=1S/C19H22ClFN2O4S/c1-13-4-7-18(14(2)10-13)27-9-8-22-19(24)12-23(28(3,25)26)15-5-6-17(21)16(20)11-15/h4-7,10-11H,8-9,12H2,1-3H3,(H,22,24). The van der Waals surface area contributed by atoms with Gasteiger partial charge in [0, 0.05) is 0 Å². The molecule has 0 saturated carbocycles. The number of rotatable bonds is 8. The number of amides is 1. The van der Waals surface area contributed by atoms with Crippen LogP contribution in [-0.2, 0) is 14.8 Å². The van der Waals surface area contributed by atoms with Gasteiger partial charge in [-0.15, -0.1) is 0 Å². The Balaban J connectivity index is 1.94. The zero-order valence-corrected chi connectivity index (χ0v) is 17.4. The van der Waals surface area contributed by atoms with Gasteiger partial charge in [0.2, 0.25) is 15.9 Å². The number of anilines is 1. The van der Waals surface area contributed by atoms with Crippen LogP contribution in [0.15, 0.2) is 36.4 Å². The minimum atomic E-state index is -3.77. The molecule has 0 aliphatic heterocycles. The monoisotopic (exact) mass is 428 g/mol. The minimum Gasteiger partial charge on any atom is -0.491 e. The lowest BCUT2D eigenvalue weighted by molar-refractivity contribution is -0.119. The molecule has 0 spiro atoms. The number of aryl methyl sites for hydroxylation is 2. The molecule has 0 bridgehead atoms. The molecule has 1 N–H and O–H groups in total. The Morgan fingerprint density at radius 1 is 1.21 bits per heavy atom. The van der Waals surface area contributed by atoms with Crippen LogP contribution in [0, 0.1) is 19.7 Å². The third kappa shape index (κ3) is 6.10. The molecule has 1 amide bonds. The highest BCUT2D eigenvalue weighted by Crippen LogP contribution is 2.24. The molecule has 0 aliphatic rings. The molecule has 0 fully saturated rings. The molecule has 0 saturated heterocycles. The summed E-state index contributed by atoms with van der Waals surface area (Å²) in [7, 11) is -3.77. The second-order valence-corrected chi connectivity index (χ2v) is 8.65. The number of ether oxygens (including phenoxy) is 1. The number of nitrogens with one attached hydrogen (secondary N) is 1. The van der Waals surface area contributed by atoms with Crippen LogP contribution in [0.25, 0.3) is 0 Å². The van der Waals surface area contributed by atoms with Crippen molar-refractivity contribution in [1.29, 1.82) is 0 Å². The molecule has 0 unspecified atom stereocenters. The van der Waals surface area contributed by atoms with Gasteiger partial charge < -0.3 is 10.1 Å². The SMILES string of the molecule is Cc1ccc(OCCNC(=O)CN(c2ccc(F)c(Cl)c2)S(C)(=O)=O)c(C)c1. The van der Waals surface area contributed by atoms with E-state index in [0.29, 0.717) is 0 Å². The number of hydrogen-bond donors (Lipinski definition) is 1. The molecule has 28 heavy (non-hydrogen) atoms. The van der Waals surface area contributed by atoms with Crippen LogP contribution in [0.3, 0.4) is 0 Å². The molecule has 0 atom stereocenters. The highest BCUT2D eigenvalue weighted by molar-refractivity contribution is 7.92. The Hall–Kier alpha value is -2.32. The molecule has 152 valence electrons. The highest BCUT2D eigenvalue weighted by Gasteiger charge is 2.21. The molecule has 6 nitrogen and oxygen atoms in total. The average molecular weight is 429 g/mol. The number of nitrogens with zero attached hydrogens (tertiary/aromatic N) is 1. The first-order chi connectivity index (χ1) is 13.1. The van der Waals surface area contributed by atoms with E-state index in [4.69, 9.17) is 16.3 Å². The first-order valence-corrected chi connectivity index (χ1v) is 10.7. The zero-order valence-electron chi connectivity index (χ0n) is 15.8. The predicted octanol–water partition coefficient (Wildman–Crippen LogP) is 3.06. The van der Waals surface area contributed by atoms with Gasteiger partial charge in [-0.2, -0.15) is 0 Å². The average Bonchev–Trinajstić information content (AvgIpc) is 2.59. The summed E-state index contributed by atoms with van der Waals surface area (Å²) in [5.41, 5.74) is 2.22. The van der Waals surface area contributed by atoms with Gasteiger partial charge in [0.1, 0.15) is 24.7 Å². The van der Waals surface area contributed by atoms with Crippen molar-refractivity contribution < 1.29 is 22.3 Å². The van der Waals surface area contributed by atoms with Crippen molar-refractivity contribution in [3.8, 4) is 5.75 Å². The van der Waals surface area contributed by atoms with E-state index in [2.05, 4.69) is 5.32 Å². The number of halogens is 2. The van der Waals surface area contributed by atoms with Crippen molar-refractivity contribution in [2.75, 3.05) is 30.3 Å². The van der Waals surface area contributed by atoms with Gasteiger partial charge in [0.15, 0.2) is 0 Å². The van der Waals surface area contributed by atoms with Gasteiger partial charge in [0.05, 0.1) is 23.5 Å². The Morgan fingerprint density at radius 3 is 2.54 bits per heavy atom. The van der Waals surface area contributed by atoms with Crippen LogP contribution in [0.5, 0.6) is 5.75 Å². The fourth-order valence-corrected chi connectivity index (χ4v) is 3.56. The summed E-state index contributed by atoms with van der Waals surface area (Å²) in [4.78, 5) is 12.2. The summed E-state index contributed by atoms with van der Waals surface area (Å²) in [6.07, 6.45) is 0.959. The Morgan fingerprint density at radius 2 is 1.93 bits per heavy atom. The smallest absolute Gasteiger partial charge is 0.240 e. The Kier molecular flexibility index (Phi) is 7.26. The molecule has 9 heteroatoms. The van der Waals surface area contributed by atoms with Crippen LogP contribution < -0.4 is 14.4 Å². The largest absolute Gasteiger partial charge is 0.491 e. The molecule has 0 aliphatic carbocycles. The maximum Gasteiger partial charge on any atom is 0.240 e. The molecule has 2 aromatic carbocycles. The number of sulfonamides is 1. The fraction of sp³-hybridized carbons (Fsp3) is 0.316. The quantitative estimate of drug-likeness (QED) is 0.655. The van der Waals surface area contributed by atoms with E-state index in [1.807, 2.05) is 32.0 Å². The molecule has 0 aromatic heterocycles. The van der Waals surface area contributed by atoms with E-state index in [0.717, 1.165) is 39.6 Å². The first-order valence-electron chi connectivity index (χ1n) is 8.47. The fourth-order valence-electron chi connectivity index (χ4n) is 2.54. The van der Waals surface area contributed by atoms with Crippen molar-refractivity contribution in [2.45, 2.75) is 13.8 Å². The van der Waals surface area contributed by atoms with E-state index in [9.17, 15) is 17.6 Å². The second kappa shape index (κ2) is 9.25. The summed E-state index contributed by atoms with van der Waals surface area (Å²) in [6, 6.07) is 9.24. The molecule has 2 aromatic rings. The van der Waals surface area contributed by atoms with Crippen LogP contribution in [0.1, 0.15) is 11.1 Å². The maximum atomic E-state index is 13.3. The normalized spacial score (nSPS) is 11.2. The van der Waals surface area contributed by atoms with Crippen LogP contribution in [-0.4, -0.2) is 40.3 Å². The number of hydrogen-bond acceptors (Lipinski definition) is 4. The summed E-state index contributed by atoms with van der Waals surface area (Å²) in [6.45, 7) is 3.90. The summed E-state index contributed by atoms with van der Waals surface area (Å²) in [5, 5.41) is 2.38.